The molecule has 1 atom stereocenters. The summed E-state index contributed by atoms with van der Waals surface area (Å²) in [4.78, 5) is 0. The van der Waals surface area contributed by atoms with Crippen molar-refractivity contribution in [1.29, 1.82) is 0 Å². The van der Waals surface area contributed by atoms with Crippen LogP contribution in [0.2, 0.25) is 0 Å². The molecular weight excluding hydrogens is 312 g/mol. The van der Waals surface area contributed by atoms with E-state index in [4.69, 9.17) is 4.74 Å². The Kier molecular flexibility index (Phi) is 4.58. The molecule has 0 aromatic carbocycles. The molecule has 0 radical (unpaired) electrons. The van der Waals surface area contributed by atoms with Gasteiger partial charge in [0.15, 0.2) is 0 Å². The Morgan fingerprint density at radius 1 is 1.25 bits per heavy atom. The normalized spacial score (nSPS) is 33.3. The van der Waals surface area contributed by atoms with Gasteiger partial charge in [0, 0.05) is 10.0 Å². The van der Waals surface area contributed by atoms with E-state index < -0.39 is 0 Å². The van der Waals surface area contributed by atoms with Crippen molar-refractivity contribution in [2.24, 2.45) is 0 Å². The molecule has 1 saturated carbocycles. The molecule has 1 saturated heterocycles. The van der Waals surface area contributed by atoms with E-state index in [0.29, 0.717) is 3.42 Å². The second-order valence-corrected chi connectivity index (χ2v) is 7.71. The van der Waals surface area contributed by atoms with Crippen molar-refractivity contribution in [3.05, 3.63) is 0 Å². The molecule has 92 valence electrons. The summed E-state index contributed by atoms with van der Waals surface area (Å²) >= 11 is 2.71. The molecule has 0 aromatic rings. The van der Waals surface area contributed by atoms with Crippen LogP contribution < -0.4 is 5.32 Å². The Morgan fingerprint density at radius 2 is 2.00 bits per heavy atom. The highest BCUT2D eigenvalue weighted by Crippen LogP contribution is 2.48. The summed E-state index contributed by atoms with van der Waals surface area (Å²) in [6, 6.07) is 0. The number of halogens is 1. The molecular formula is C12H23BINO. The maximum absolute atomic E-state index is 6.10. The molecule has 1 N–H and O–H groups in total. The van der Waals surface area contributed by atoms with Gasteiger partial charge in [0.05, 0.1) is 5.60 Å². The van der Waals surface area contributed by atoms with Gasteiger partial charge in [-0.1, -0.05) is 35.4 Å². The van der Waals surface area contributed by atoms with Crippen molar-refractivity contribution >= 4 is 30.4 Å². The maximum Gasteiger partial charge on any atom is 0.119 e. The number of ether oxygens (including phenoxy) is 1. The summed E-state index contributed by atoms with van der Waals surface area (Å²) in [7, 11) is 2.18. The summed E-state index contributed by atoms with van der Waals surface area (Å²) in [5.41, 5.74) is 0.269. The van der Waals surface area contributed by atoms with Gasteiger partial charge in [0.2, 0.25) is 0 Å². The number of hydrogen-bond donors (Lipinski definition) is 1. The van der Waals surface area contributed by atoms with Crippen LogP contribution >= 0.6 is 22.6 Å². The van der Waals surface area contributed by atoms with Gasteiger partial charge in [-0.15, -0.1) is 0 Å². The van der Waals surface area contributed by atoms with Crippen LogP contribution in [0.1, 0.15) is 44.9 Å². The van der Waals surface area contributed by atoms with E-state index in [1.807, 2.05) is 0 Å². The van der Waals surface area contributed by atoms with Crippen molar-refractivity contribution < 1.29 is 4.74 Å². The summed E-state index contributed by atoms with van der Waals surface area (Å²) in [5, 5.41) is 3.45. The zero-order valence-electron chi connectivity index (χ0n) is 10.4. The monoisotopic (exact) mass is 335 g/mol. The molecule has 0 amide bonds. The van der Waals surface area contributed by atoms with Crippen LogP contribution in [0.15, 0.2) is 0 Å². The van der Waals surface area contributed by atoms with Gasteiger partial charge < -0.3 is 10.1 Å². The van der Waals surface area contributed by atoms with Crippen LogP contribution in [0.3, 0.4) is 0 Å². The van der Waals surface area contributed by atoms with Gasteiger partial charge in [-0.2, -0.15) is 0 Å². The average molecular weight is 335 g/mol. The van der Waals surface area contributed by atoms with Crippen LogP contribution in [0.25, 0.3) is 0 Å². The van der Waals surface area contributed by atoms with Crippen molar-refractivity contribution in [3.63, 3.8) is 0 Å². The van der Waals surface area contributed by atoms with E-state index in [1.165, 1.54) is 44.9 Å². The Hall–Kier alpha value is 0.715. The summed E-state index contributed by atoms with van der Waals surface area (Å²) in [5.74, 6) is 0. The maximum atomic E-state index is 6.10. The van der Waals surface area contributed by atoms with Crippen molar-refractivity contribution in [1.82, 2.24) is 5.32 Å². The predicted octanol–water partition coefficient (Wildman–Crippen LogP) is 1.85. The second kappa shape index (κ2) is 5.57. The summed E-state index contributed by atoms with van der Waals surface area (Å²) < 4.78 is 6.59. The molecule has 4 heteroatoms. The van der Waals surface area contributed by atoms with Gasteiger partial charge in [0.1, 0.15) is 7.85 Å². The minimum Gasteiger partial charge on any atom is -0.375 e. The Labute approximate surface area is 114 Å². The zero-order chi connectivity index (χ0) is 11.5. The Morgan fingerprint density at radius 3 is 2.69 bits per heavy atom. The smallest absolute Gasteiger partial charge is 0.119 e. The molecule has 1 aliphatic carbocycles. The van der Waals surface area contributed by atoms with E-state index in [-0.39, 0.29) is 5.60 Å². The third kappa shape index (κ3) is 3.13. The molecule has 2 rings (SSSR count). The van der Waals surface area contributed by atoms with Crippen LogP contribution in [0, 0.1) is 0 Å². The molecule has 0 bridgehead atoms. The molecule has 1 spiro atoms. The standard InChI is InChI=1S/C12H23BINO/c13-10-15-7-5-11(14)6-8-16-12(9-11)3-1-2-4-12/h15H,1-10,13H2/t11-/m0/s1. The summed E-state index contributed by atoms with van der Waals surface area (Å²) in [6.07, 6.45) is 10.3. The van der Waals surface area contributed by atoms with Crippen molar-refractivity contribution in [3.8, 4) is 0 Å². The number of alkyl halides is 1. The first-order valence-electron chi connectivity index (χ1n) is 6.72. The molecule has 1 heterocycles. The van der Waals surface area contributed by atoms with E-state index in [2.05, 4.69) is 35.8 Å². The topological polar surface area (TPSA) is 21.3 Å². The van der Waals surface area contributed by atoms with E-state index in [0.717, 1.165) is 19.6 Å². The SMILES string of the molecule is BCNCC[C@]1(I)CCOC2(CCCC2)C1. The lowest BCUT2D eigenvalue weighted by atomic mass is 9.83. The van der Waals surface area contributed by atoms with Crippen LogP contribution in [-0.4, -0.2) is 36.5 Å². The average Bonchev–Trinajstić information content (AvgIpc) is 2.66. The lowest BCUT2D eigenvalue weighted by molar-refractivity contribution is -0.0831. The molecule has 1 aliphatic heterocycles. The molecule has 2 nitrogen and oxygen atoms in total. The van der Waals surface area contributed by atoms with E-state index in [1.54, 1.807) is 0 Å². The molecule has 2 aliphatic rings. The third-order valence-electron chi connectivity index (χ3n) is 4.11. The minimum atomic E-state index is 0.269. The van der Waals surface area contributed by atoms with Gasteiger partial charge >= 0.3 is 0 Å². The molecule has 0 unspecified atom stereocenters. The number of nitrogens with one attached hydrogen (secondary N) is 1. The number of hydrogen-bond acceptors (Lipinski definition) is 2. The largest absolute Gasteiger partial charge is 0.375 e. The van der Waals surface area contributed by atoms with Crippen molar-refractivity contribution in [2.75, 3.05) is 19.6 Å². The van der Waals surface area contributed by atoms with Crippen LogP contribution in [-0.2, 0) is 4.74 Å². The van der Waals surface area contributed by atoms with Crippen molar-refractivity contribution in [2.45, 2.75) is 54.0 Å². The fourth-order valence-electron chi connectivity index (χ4n) is 3.21. The van der Waals surface area contributed by atoms with E-state index in [9.17, 15) is 0 Å². The zero-order valence-corrected chi connectivity index (χ0v) is 12.5. The lowest BCUT2D eigenvalue weighted by Crippen LogP contribution is -2.45. The Bertz CT molecular complexity index is 233. The highest BCUT2D eigenvalue weighted by atomic mass is 127. The first-order valence-corrected chi connectivity index (χ1v) is 7.80. The first-order chi connectivity index (χ1) is 7.68. The fraction of sp³-hybridized carbons (Fsp3) is 1.00. The summed E-state index contributed by atoms with van der Waals surface area (Å²) in [6.45, 7) is 2.14. The number of rotatable bonds is 4. The van der Waals surface area contributed by atoms with Gasteiger partial charge in [-0.25, -0.2) is 0 Å². The molecule has 16 heavy (non-hydrogen) atoms. The van der Waals surface area contributed by atoms with Gasteiger partial charge in [-0.3, -0.25) is 0 Å². The Balaban J connectivity index is 1.89. The highest BCUT2D eigenvalue weighted by molar-refractivity contribution is 14.1. The van der Waals surface area contributed by atoms with E-state index >= 15 is 0 Å². The second-order valence-electron chi connectivity index (χ2n) is 5.42. The third-order valence-corrected chi connectivity index (χ3v) is 5.57. The minimum absolute atomic E-state index is 0.269. The van der Waals surface area contributed by atoms with Crippen LogP contribution in [0.4, 0.5) is 0 Å². The quantitative estimate of drug-likeness (QED) is 0.367. The molecule has 0 aromatic heterocycles. The lowest BCUT2D eigenvalue weighted by Gasteiger charge is -2.43. The first kappa shape index (κ1) is 13.2. The van der Waals surface area contributed by atoms with Gasteiger partial charge in [0.25, 0.3) is 0 Å². The molecule has 2 fully saturated rings. The van der Waals surface area contributed by atoms with Crippen LogP contribution in [0.5, 0.6) is 0 Å². The predicted molar refractivity (Wildman–Crippen MR) is 79.2 cm³/mol. The highest BCUT2D eigenvalue weighted by Gasteiger charge is 2.45. The van der Waals surface area contributed by atoms with Gasteiger partial charge in [-0.05, 0) is 45.1 Å². The fourth-order valence-corrected chi connectivity index (χ4v) is 4.40.